The summed E-state index contributed by atoms with van der Waals surface area (Å²) >= 11 is 0. The summed E-state index contributed by atoms with van der Waals surface area (Å²) < 4.78 is 0. The number of rotatable bonds is 5. The van der Waals surface area contributed by atoms with Gasteiger partial charge in [-0.1, -0.05) is 0 Å². The van der Waals surface area contributed by atoms with Crippen molar-refractivity contribution in [3.05, 3.63) is 11.9 Å². The molecule has 0 aliphatic rings. The number of anilines is 2. The molecule has 0 fully saturated rings. The Bertz CT molecular complexity index is 317. The summed E-state index contributed by atoms with van der Waals surface area (Å²) in [7, 11) is 4.14. The molecule has 0 radical (unpaired) electrons. The predicted molar refractivity (Wildman–Crippen MR) is 67.4 cm³/mol. The van der Waals surface area contributed by atoms with E-state index in [9.17, 15) is 0 Å². The van der Waals surface area contributed by atoms with Crippen LogP contribution in [0.3, 0.4) is 0 Å². The third kappa shape index (κ3) is 4.44. The Hall–Kier alpha value is -1.36. The molecule has 0 saturated carbocycles. The van der Waals surface area contributed by atoms with Crippen molar-refractivity contribution in [3.8, 4) is 0 Å². The average molecular weight is 223 g/mol. The van der Waals surface area contributed by atoms with E-state index in [1.54, 1.807) is 6.07 Å². The van der Waals surface area contributed by atoms with Gasteiger partial charge in [-0.2, -0.15) is 0 Å². The molecular weight excluding hydrogens is 202 g/mol. The summed E-state index contributed by atoms with van der Waals surface area (Å²) in [5.74, 6) is 2.01. The Morgan fingerprint density at radius 3 is 2.69 bits per heavy atom. The summed E-state index contributed by atoms with van der Waals surface area (Å²) in [6.07, 6.45) is 1.07. The van der Waals surface area contributed by atoms with E-state index in [0.717, 1.165) is 18.8 Å². The minimum atomic E-state index is 0.371. The van der Waals surface area contributed by atoms with Crippen molar-refractivity contribution in [3.63, 3.8) is 0 Å². The van der Waals surface area contributed by atoms with Gasteiger partial charge in [0.2, 0.25) is 0 Å². The molecule has 0 bridgehead atoms. The first-order valence-corrected chi connectivity index (χ1v) is 5.50. The molecule has 5 heteroatoms. The van der Waals surface area contributed by atoms with E-state index in [2.05, 4.69) is 41.2 Å². The second-order valence-corrected chi connectivity index (χ2v) is 4.36. The number of aromatic nitrogens is 2. The summed E-state index contributed by atoms with van der Waals surface area (Å²) in [5.41, 5.74) is 5.66. The Balaban J connectivity index is 2.52. The molecular formula is C11H21N5. The zero-order chi connectivity index (χ0) is 12.1. The lowest BCUT2D eigenvalue weighted by Gasteiger charge is -2.17. The molecule has 1 aromatic heterocycles. The SMILES string of the molecule is Cc1nc(N)cc(NC(C)CCN(C)C)n1. The molecule has 0 aliphatic carbocycles. The van der Waals surface area contributed by atoms with Crippen LogP contribution in [0.1, 0.15) is 19.2 Å². The topological polar surface area (TPSA) is 67.1 Å². The Morgan fingerprint density at radius 2 is 2.12 bits per heavy atom. The lowest BCUT2D eigenvalue weighted by Crippen LogP contribution is -2.23. The second-order valence-electron chi connectivity index (χ2n) is 4.36. The van der Waals surface area contributed by atoms with Crippen molar-refractivity contribution < 1.29 is 0 Å². The minimum Gasteiger partial charge on any atom is -0.384 e. The fraction of sp³-hybridized carbons (Fsp3) is 0.636. The summed E-state index contributed by atoms with van der Waals surface area (Å²) in [5, 5.41) is 3.32. The van der Waals surface area contributed by atoms with Crippen LogP contribution in [0, 0.1) is 6.92 Å². The van der Waals surface area contributed by atoms with Gasteiger partial charge in [-0.15, -0.1) is 0 Å². The van der Waals surface area contributed by atoms with Gasteiger partial charge in [0.25, 0.3) is 0 Å². The molecule has 0 amide bonds. The van der Waals surface area contributed by atoms with Crippen molar-refractivity contribution in [1.82, 2.24) is 14.9 Å². The molecule has 0 aromatic carbocycles. The van der Waals surface area contributed by atoms with Gasteiger partial charge in [0.15, 0.2) is 0 Å². The molecule has 1 atom stereocenters. The van der Waals surface area contributed by atoms with Crippen molar-refractivity contribution in [1.29, 1.82) is 0 Å². The van der Waals surface area contributed by atoms with E-state index in [0.29, 0.717) is 17.7 Å². The number of hydrogen-bond acceptors (Lipinski definition) is 5. The van der Waals surface area contributed by atoms with Crippen LogP contribution in [0.2, 0.25) is 0 Å². The van der Waals surface area contributed by atoms with Gasteiger partial charge in [-0.25, -0.2) is 9.97 Å². The number of nitrogens with zero attached hydrogens (tertiary/aromatic N) is 3. The maximum Gasteiger partial charge on any atom is 0.131 e. The highest BCUT2D eigenvalue weighted by molar-refractivity contribution is 5.44. The van der Waals surface area contributed by atoms with Crippen LogP contribution >= 0.6 is 0 Å². The third-order valence-corrected chi connectivity index (χ3v) is 2.26. The highest BCUT2D eigenvalue weighted by Crippen LogP contribution is 2.10. The van der Waals surface area contributed by atoms with Crippen LogP contribution in [-0.2, 0) is 0 Å². The Labute approximate surface area is 97.1 Å². The normalized spacial score (nSPS) is 12.8. The lowest BCUT2D eigenvalue weighted by atomic mass is 10.2. The fourth-order valence-corrected chi connectivity index (χ4v) is 1.44. The fourth-order valence-electron chi connectivity index (χ4n) is 1.44. The summed E-state index contributed by atoms with van der Waals surface area (Å²) in [4.78, 5) is 10.5. The monoisotopic (exact) mass is 223 g/mol. The Kier molecular flexibility index (Phi) is 4.49. The number of nitrogens with one attached hydrogen (secondary N) is 1. The number of nitrogen functional groups attached to an aromatic ring is 1. The Morgan fingerprint density at radius 1 is 1.44 bits per heavy atom. The van der Waals surface area contributed by atoms with Crippen LogP contribution in [0.5, 0.6) is 0 Å². The van der Waals surface area contributed by atoms with Gasteiger partial charge in [0, 0.05) is 12.1 Å². The van der Waals surface area contributed by atoms with Gasteiger partial charge in [0.1, 0.15) is 17.5 Å². The molecule has 16 heavy (non-hydrogen) atoms. The quantitative estimate of drug-likeness (QED) is 0.783. The molecule has 0 saturated heterocycles. The molecule has 1 heterocycles. The first kappa shape index (κ1) is 12.7. The number of aryl methyl sites for hydroxylation is 1. The van der Waals surface area contributed by atoms with Gasteiger partial charge in [-0.05, 0) is 40.9 Å². The first-order valence-electron chi connectivity index (χ1n) is 5.50. The zero-order valence-electron chi connectivity index (χ0n) is 10.5. The van der Waals surface area contributed by atoms with Crippen LogP contribution in [0.15, 0.2) is 6.07 Å². The minimum absolute atomic E-state index is 0.371. The molecule has 1 rings (SSSR count). The maximum absolute atomic E-state index is 5.66. The number of nitrogens with two attached hydrogens (primary N) is 1. The molecule has 0 spiro atoms. The van der Waals surface area contributed by atoms with E-state index in [1.165, 1.54) is 0 Å². The van der Waals surface area contributed by atoms with Gasteiger partial charge < -0.3 is 16.0 Å². The van der Waals surface area contributed by atoms with Crippen molar-refractivity contribution in [2.75, 3.05) is 31.7 Å². The maximum atomic E-state index is 5.66. The van der Waals surface area contributed by atoms with Gasteiger partial charge >= 0.3 is 0 Å². The van der Waals surface area contributed by atoms with Crippen molar-refractivity contribution in [2.24, 2.45) is 0 Å². The molecule has 0 aliphatic heterocycles. The van der Waals surface area contributed by atoms with Crippen LogP contribution in [-0.4, -0.2) is 41.5 Å². The standard InChI is InChI=1S/C11H21N5/c1-8(5-6-16(3)4)13-11-7-10(12)14-9(2)15-11/h7-8H,5-6H2,1-4H3,(H3,12,13,14,15). The highest BCUT2D eigenvalue weighted by atomic mass is 15.1. The third-order valence-electron chi connectivity index (χ3n) is 2.26. The summed E-state index contributed by atoms with van der Waals surface area (Å²) in [6, 6.07) is 2.13. The molecule has 3 N–H and O–H groups in total. The average Bonchev–Trinajstić information content (AvgIpc) is 2.12. The molecule has 90 valence electrons. The predicted octanol–water partition coefficient (Wildman–Crippen LogP) is 1.12. The van der Waals surface area contributed by atoms with E-state index < -0.39 is 0 Å². The van der Waals surface area contributed by atoms with Crippen LogP contribution < -0.4 is 11.1 Å². The highest BCUT2D eigenvalue weighted by Gasteiger charge is 2.05. The van der Waals surface area contributed by atoms with E-state index in [1.807, 2.05) is 6.92 Å². The zero-order valence-corrected chi connectivity index (χ0v) is 10.5. The van der Waals surface area contributed by atoms with E-state index in [-0.39, 0.29) is 0 Å². The smallest absolute Gasteiger partial charge is 0.131 e. The van der Waals surface area contributed by atoms with E-state index in [4.69, 9.17) is 5.73 Å². The van der Waals surface area contributed by atoms with Crippen LogP contribution in [0.25, 0.3) is 0 Å². The van der Waals surface area contributed by atoms with E-state index >= 15 is 0 Å². The lowest BCUT2D eigenvalue weighted by molar-refractivity contribution is 0.390. The molecule has 1 aromatic rings. The van der Waals surface area contributed by atoms with Gasteiger partial charge in [0.05, 0.1) is 0 Å². The number of hydrogen-bond donors (Lipinski definition) is 2. The first-order chi connectivity index (χ1) is 7.47. The molecule has 1 unspecified atom stereocenters. The summed E-state index contributed by atoms with van der Waals surface area (Å²) in [6.45, 7) is 5.02. The molecule has 5 nitrogen and oxygen atoms in total. The largest absolute Gasteiger partial charge is 0.384 e. The van der Waals surface area contributed by atoms with Crippen molar-refractivity contribution in [2.45, 2.75) is 26.3 Å². The van der Waals surface area contributed by atoms with Crippen LogP contribution in [0.4, 0.5) is 11.6 Å². The second kappa shape index (κ2) is 5.65. The van der Waals surface area contributed by atoms with Crippen molar-refractivity contribution >= 4 is 11.6 Å². The van der Waals surface area contributed by atoms with Gasteiger partial charge in [-0.3, -0.25) is 0 Å².